The Balaban J connectivity index is 2.98. The zero-order valence-corrected chi connectivity index (χ0v) is 18.0. The maximum absolute atomic E-state index is 13.0. The van der Waals surface area contributed by atoms with E-state index >= 15 is 0 Å². The Bertz CT molecular complexity index is 1050. The molecule has 2 aromatic rings. The Labute approximate surface area is 178 Å². The number of rotatable bonds is 8. The third kappa shape index (κ3) is 4.60. The Morgan fingerprint density at radius 3 is 1.77 bits per heavy atom. The van der Waals surface area contributed by atoms with E-state index in [1.54, 1.807) is 26.0 Å². The fraction of sp³-hybridized carbons (Fsp3) is 0.364. The zero-order chi connectivity index (χ0) is 23.6. The lowest BCUT2D eigenvalue weighted by atomic mass is 10.0. The van der Waals surface area contributed by atoms with Gasteiger partial charge in [-0.05, 0) is 44.2 Å². The summed E-state index contributed by atoms with van der Waals surface area (Å²) in [6, 6.07) is 3.45. The SMILES string of the molecule is Cc1cc(C)c(-n2c(C(=O)O)c(C(=O)O)c(C(=O)O)c2C(=O)OCCC(C)C)c(C)c1. The number of hydrogen-bond acceptors (Lipinski definition) is 5. The second kappa shape index (κ2) is 9.03. The molecule has 31 heavy (non-hydrogen) atoms. The number of aromatic carboxylic acids is 3. The summed E-state index contributed by atoms with van der Waals surface area (Å²) in [5.41, 5.74) is -1.19. The van der Waals surface area contributed by atoms with Gasteiger partial charge in [0.25, 0.3) is 0 Å². The van der Waals surface area contributed by atoms with Gasteiger partial charge in [-0.2, -0.15) is 0 Å². The number of ether oxygens (including phenoxy) is 1. The first-order valence-corrected chi connectivity index (χ1v) is 9.62. The van der Waals surface area contributed by atoms with Crippen molar-refractivity contribution in [3.05, 3.63) is 51.3 Å². The van der Waals surface area contributed by atoms with E-state index in [1.165, 1.54) is 0 Å². The molecule has 0 amide bonds. The summed E-state index contributed by atoms with van der Waals surface area (Å²) < 4.78 is 6.10. The molecule has 1 aromatic heterocycles. The van der Waals surface area contributed by atoms with E-state index in [4.69, 9.17) is 4.74 Å². The number of hydrogen-bond donors (Lipinski definition) is 3. The first-order valence-electron chi connectivity index (χ1n) is 9.62. The van der Waals surface area contributed by atoms with Crippen LogP contribution in [0, 0.1) is 26.7 Å². The first kappa shape index (κ1) is 23.7. The van der Waals surface area contributed by atoms with Crippen molar-refractivity contribution in [1.82, 2.24) is 4.57 Å². The van der Waals surface area contributed by atoms with Crippen molar-refractivity contribution in [3.63, 3.8) is 0 Å². The highest BCUT2D eigenvalue weighted by Crippen LogP contribution is 2.32. The van der Waals surface area contributed by atoms with Gasteiger partial charge in [0.1, 0.15) is 22.5 Å². The predicted molar refractivity (Wildman–Crippen MR) is 111 cm³/mol. The zero-order valence-electron chi connectivity index (χ0n) is 18.0. The highest BCUT2D eigenvalue weighted by Gasteiger charge is 2.39. The lowest BCUT2D eigenvalue weighted by Crippen LogP contribution is -2.19. The van der Waals surface area contributed by atoms with E-state index in [2.05, 4.69) is 0 Å². The standard InChI is InChI=1S/C22H25NO8/c1-10(2)6-7-31-22(30)18-15(20(26)27)14(19(24)25)17(21(28)29)23(18)16-12(4)8-11(3)9-13(16)5/h8-10H,6-7H2,1-5H3,(H,24,25)(H,26,27)(H,28,29). The van der Waals surface area contributed by atoms with E-state index in [1.807, 2.05) is 20.8 Å². The third-order valence-electron chi connectivity index (χ3n) is 4.78. The number of aryl methyl sites for hydroxylation is 3. The maximum Gasteiger partial charge on any atom is 0.356 e. The van der Waals surface area contributed by atoms with E-state index in [-0.39, 0.29) is 18.2 Å². The summed E-state index contributed by atoms with van der Waals surface area (Å²) in [5, 5.41) is 29.2. The van der Waals surface area contributed by atoms with Crippen LogP contribution in [0.1, 0.15) is 78.7 Å². The monoisotopic (exact) mass is 431 g/mol. The van der Waals surface area contributed by atoms with Crippen LogP contribution in [0.2, 0.25) is 0 Å². The molecule has 0 atom stereocenters. The number of carbonyl (C=O) groups excluding carboxylic acids is 1. The normalized spacial score (nSPS) is 10.9. The second-order valence-electron chi connectivity index (χ2n) is 7.76. The highest BCUT2D eigenvalue weighted by molar-refractivity contribution is 6.15. The largest absolute Gasteiger partial charge is 0.478 e. The summed E-state index contributed by atoms with van der Waals surface area (Å²) >= 11 is 0. The molecule has 0 spiro atoms. The van der Waals surface area contributed by atoms with Gasteiger partial charge in [0, 0.05) is 0 Å². The van der Waals surface area contributed by atoms with Gasteiger partial charge in [-0.1, -0.05) is 31.5 Å². The van der Waals surface area contributed by atoms with E-state index in [9.17, 15) is 34.5 Å². The fourth-order valence-corrected chi connectivity index (χ4v) is 3.59. The van der Waals surface area contributed by atoms with E-state index < -0.39 is 46.4 Å². The number of aromatic nitrogens is 1. The van der Waals surface area contributed by atoms with Crippen molar-refractivity contribution in [2.45, 2.75) is 41.0 Å². The van der Waals surface area contributed by atoms with Crippen molar-refractivity contribution in [3.8, 4) is 5.69 Å². The average Bonchev–Trinajstić information content (AvgIpc) is 2.97. The summed E-state index contributed by atoms with van der Waals surface area (Å²) in [6.45, 7) is 8.93. The molecule has 2 rings (SSSR count). The molecule has 0 saturated heterocycles. The van der Waals surface area contributed by atoms with Gasteiger partial charge < -0.3 is 20.1 Å². The lowest BCUT2D eigenvalue weighted by Gasteiger charge is -2.18. The summed E-state index contributed by atoms with van der Waals surface area (Å²) in [6.07, 6.45) is 0.495. The van der Waals surface area contributed by atoms with Crippen LogP contribution in [0.15, 0.2) is 12.1 Å². The van der Waals surface area contributed by atoms with Gasteiger partial charge in [-0.25, -0.2) is 19.2 Å². The summed E-state index contributed by atoms with van der Waals surface area (Å²) in [7, 11) is 0. The van der Waals surface area contributed by atoms with Crippen molar-refractivity contribution in [2.75, 3.05) is 6.61 Å². The number of carboxylic acid groups (broad SMARTS) is 3. The number of benzene rings is 1. The molecule has 1 heterocycles. The number of nitrogens with zero attached hydrogens (tertiary/aromatic N) is 1. The van der Waals surface area contributed by atoms with Crippen molar-refractivity contribution in [2.24, 2.45) is 5.92 Å². The van der Waals surface area contributed by atoms with Gasteiger partial charge >= 0.3 is 23.9 Å². The minimum absolute atomic E-state index is 0.0303. The van der Waals surface area contributed by atoms with Crippen LogP contribution in [-0.2, 0) is 4.74 Å². The maximum atomic E-state index is 13.0. The minimum Gasteiger partial charge on any atom is -0.478 e. The van der Waals surface area contributed by atoms with Crippen LogP contribution >= 0.6 is 0 Å². The van der Waals surface area contributed by atoms with Gasteiger partial charge in [0.15, 0.2) is 0 Å². The molecule has 9 heteroatoms. The Morgan fingerprint density at radius 1 is 0.871 bits per heavy atom. The van der Waals surface area contributed by atoms with Crippen molar-refractivity contribution < 1.29 is 39.2 Å². The molecule has 0 saturated carbocycles. The van der Waals surface area contributed by atoms with Crippen molar-refractivity contribution in [1.29, 1.82) is 0 Å². The molecule has 0 bridgehead atoms. The quantitative estimate of drug-likeness (QED) is 0.537. The molecule has 0 unspecified atom stereocenters. The smallest absolute Gasteiger partial charge is 0.356 e. The molecule has 0 aliphatic rings. The van der Waals surface area contributed by atoms with Crippen LogP contribution < -0.4 is 0 Å². The molecule has 3 N–H and O–H groups in total. The van der Waals surface area contributed by atoms with Crippen LogP contribution in [-0.4, -0.2) is 50.4 Å². The predicted octanol–water partition coefficient (Wildman–Crippen LogP) is 3.70. The first-order chi connectivity index (χ1) is 14.4. The third-order valence-corrected chi connectivity index (χ3v) is 4.78. The molecule has 9 nitrogen and oxygen atoms in total. The van der Waals surface area contributed by atoms with E-state index in [0.717, 1.165) is 10.1 Å². The molecule has 166 valence electrons. The topological polar surface area (TPSA) is 143 Å². The fourth-order valence-electron chi connectivity index (χ4n) is 3.59. The van der Waals surface area contributed by atoms with Gasteiger partial charge in [-0.15, -0.1) is 0 Å². The molecular formula is C22H25NO8. The number of carbonyl (C=O) groups is 4. The van der Waals surface area contributed by atoms with Crippen molar-refractivity contribution >= 4 is 23.9 Å². The number of esters is 1. The minimum atomic E-state index is -1.77. The van der Waals surface area contributed by atoms with Crippen LogP contribution in [0.5, 0.6) is 0 Å². The Kier molecular flexibility index (Phi) is 6.89. The molecule has 0 aliphatic heterocycles. The Morgan fingerprint density at radius 2 is 1.35 bits per heavy atom. The molecule has 1 aromatic carbocycles. The van der Waals surface area contributed by atoms with Crippen LogP contribution in [0.25, 0.3) is 5.69 Å². The van der Waals surface area contributed by atoms with E-state index in [0.29, 0.717) is 17.5 Å². The van der Waals surface area contributed by atoms with Gasteiger partial charge in [0.05, 0.1) is 12.3 Å². The highest BCUT2D eigenvalue weighted by atomic mass is 16.5. The summed E-state index contributed by atoms with van der Waals surface area (Å²) in [4.78, 5) is 49.0. The van der Waals surface area contributed by atoms with Gasteiger partial charge in [0.2, 0.25) is 0 Å². The van der Waals surface area contributed by atoms with Crippen LogP contribution in [0.4, 0.5) is 0 Å². The van der Waals surface area contributed by atoms with Crippen LogP contribution in [0.3, 0.4) is 0 Å². The lowest BCUT2D eigenvalue weighted by molar-refractivity contribution is 0.0468. The summed E-state index contributed by atoms with van der Waals surface area (Å²) in [5.74, 6) is -6.10. The molecular weight excluding hydrogens is 406 g/mol. The molecule has 0 aliphatic carbocycles. The molecule has 0 fully saturated rings. The molecule has 0 radical (unpaired) electrons. The Hall–Kier alpha value is -3.62. The number of carboxylic acids is 3. The second-order valence-corrected chi connectivity index (χ2v) is 7.76. The average molecular weight is 431 g/mol. The van der Waals surface area contributed by atoms with Gasteiger partial charge in [-0.3, -0.25) is 4.57 Å².